The molecule has 0 radical (unpaired) electrons. The average Bonchev–Trinajstić information content (AvgIpc) is 3.21. The Bertz CT molecular complexity index is 852. The zero-order valence-corrected chi connectivity index (χ0v) is 17.1. The number of nitrogens with one attached hydrogen (secondary N) is 1. The fraction of sp³-hybridized carbons (Fsp3) is 0.545. The van der Waals surface area contributed by atoms with Gasteiger partial charge in [0.2, 0.25) is 0 Å². The number of nitrogens with zero attached hydrogens (tertiary/aromatic N) is 3. The van der Waals surface area contributed by atoms with Crippen LogP contribution in [0.1, 0.15) is 53.5 Å². The van der Waals surface area contributed by atoms with Crippen LogP contribution in [0.4, 0.5) is 0 Å². The van der Waals surface area contributed by atoms with E-state index in [0.717, 1.165) is 63.2 Å². The molecule has 0 atom stereocenters. The zero-order valence-electron chi connectivity index (χ0n) is 17.1. The number of carbonyl (C=O) groups excluding carboxylic acids is 1. The summed E-state index contributed by atoms with van der Waals surface area (Å²) in [5, 5.41) is 0. The minimum atomic E-state index is -0.0364. The summed E-state index contributed by atoms with van der Waals surface area (Å²) in [6, 6.07) is 5.72. The molecular weight excluding hydrogens is 352 g/mol. The van der Waals surface area contributed by atoms with Gasteiger partial charge in [0.25, 0.3) is 5.91 Å². The maximum absolute atomic E-state index is 13.1. The van der Waals surface area contributed by atoms with Crippen molar-refractivity contribution in [3.63, 3.8) is 0 Å². The molecule has 2 aliphatic rings. The Balaban J connectivity index is 1.54. The Hall–Kier alpha value is -2.34. The molecule has 2 aliphatic heterocycles. The number of benzene rings is 1. The van der Waals surface area contributed by atoms with E-state index in [2.05, 4.69) is 16.8 Å². The van der Waals surface area contributed by atoms with Crippen LogP contribution in [0.3, 0.4) is 0 Å². The van der Waals surface area contributed by atoms with E-state index < -0.39 is 0 Å². The number of ether oxygens (including phenoxy) is 1. The summed E-state index contributed by atoms with van der Waals surface area (Å²) in [4.78, 5) is 25.7. The normalized spacial score (nSPS) is 18.9. The number of hydrogen-bond donors (Lipinski definition) is 1. The summed E-state index contributed by atoms with van der Waals surface area (Å²) in [5.74, 6) is 0.857. The second kappa shape index (κ2) is 7.59. The lowest BCUT2D eigenvalue weighted by atomic mass is 9.78. The molecule has 0 unspecified atom stereocenters. The number of aromatic amines is 1. The molecule has 3 heterocycles. The number of imidazole rings is 1. The first-order chi connectivity index (χ1) is 13.6. The Labute approximate surface area is 166 Å². The van der Waals surface area contributed by atoms with E-state index in [1.807, 2.05) is 36.4 Å². The van der Waals surface area contributed by atoms with Gasteiger partial charge in [-0.3, -0.25) is 9.69 Å². The van der Waals surface area contributed by atoms with Crippen molar-refractivity contribution in [3.05, 3.63) is 47.0 Å². The number of fused-ring (bicyclic) bond motifs is 2. The Kier molecular flexibility index (Phi) is 5.15. The van der Waals surface area contributed by atoms with E-state index in [1.54, 1.807) is 7.11 Å². The second-order valence-corrected chi connectivity index (χ2v) is 7.97. The molecule has 28 heavy (non-hydrogen) atoms. The lowest BCUT2D eigenvalue weighted by Gasteiger charge is -2.50. The first-order valence-corrected chi connectivity index (χ1v) is 10.3. The third-order valence-electron chi connectivity index (χ3n) is 6.42. The first kappa shape index (κ1) is 19.0. The lowest BCUT2D eigenvalue weighted by molar-refractivity contribution is 0.00707. The van der Waals surface area contributed by atoms with Crippen molar-refractivity contribution in [1.82, 2.24) is 19.8 Å². The number of carbonyl (C=O) groups is 1. The van der Waals surface area contributed by atoms with E-state index in [1.165, 1.54) is 11.4 Å². The van der Waals surface area contributed by atoms with Crippen LogP contribution in [0.2, 0.25) is 0 Å². The van der Waals surface area contributed by atoms with Gasteiger partial charge in [-0.2, -0.15) is 0 Å². The summed E-state index contributed by atoms with van der Waals surface area (Å²) >= 11 is 0. The molecule has 1 saturated heterocycles. The predicted molar refractivity (Wildman–Crippen MR) is 109 cm³/mol. The third kappa shape index (κ3) is 3.09. The van der Waals surface area contributed by atoms with E-state index in [9.17, 15) is 4.79 Å². The molecule has 1 N–H and O–H groups in total. The highest BCUT2D eigenvalue weighted by molar-refractivity contribution is 5.94. The van der Waals surface area contributed by atoms with Crippen LogP contribution in [0.25, 0.3) is 0 Å². The van der Waals surface area contributed by atoms with Crippen molar-refractivity contribution < 1.29 is 9.53 Å². The summed E-state index contributed by atoms with van der Waals surface area (Å²) in [7, 11) is 1.65. The molecule has 1 aromatic heterocycles. The number of amides is 1. The fourth-order valence-corrected chi connectivity index (χ4v) is 4.89. The molecular formula is C22H30N4O2. The SMILES string of the molecule is CCCN1CCc2[nH]cnc2C12CCN(C(=O)c1ccc(C)c(OC)c1)CC2. The topological polar surface area (TPSA) is 61.5 Å². The molecule has 1 spiro atoms. The van der Waals surface area contributed by atoms with E-state index in [0.29, 0.717) is 5.56 Å². The van der Waals surface area contributed by atoms with Gasteiger partial charge in [-0.15, -0.1) is 0 Å². The van der Waals surface area contributed by atoms with Crippen LogP contribution in [0.5, 0.6) is 5.75 Å². The number of hydrogen-bond acceptors (Lipinski definition) is 4. The fourth-order valence-electron chi connectivity index (χ4n) is 4.89. The van der Waals surface area contributed by atoms with Gasteiger partial charge in [0.15, 0.2) is 0 Å². The van der Waals surface area contributed by atoms with Gasteiger partial charge in [-0.05, 0) is 50.4 Å². The van der Waals surface area contributed by atoms with Crippen molar-refractivity contribution in [2.24, 2.45) is 0 Å². The lowest BCUT2D eigenvalue weighted by Crippen LogP contribution is -2.57. The van der Waals surface area contributed by atoms with Gasteiger partial charge in [0.1, 0.15) is 5.75 Å². The van der Waals surface area contributed by atoms with Crippen LogP contribution in [-0.4, -0.2) is 59.0 Å². The number of aromatic nitrogens is 2. The molecule has 2 aromatic rings. The largest absolute Gasteiger partial charge is 0.496 e. The van der Waals surface area contributed by atoms with Gasteiger partial charge in [0, 0.05) is 37.3 Å². The van der Waals surface area contributed by atoms with Crippen LogP contribution in [0.15, 0.2) is 24.5 Å². The molecule has 1 amide bonds. The van der Waals surface area contributed by atoms with Gasteiger partial charge >= 0.3 is 0 Å². The van der Waals surface area contributed by atoms with E-state index >= 15 is 0 Å². The summed E-state index contributed by atoms with van der Waals surface area (Å²) in [6.07, 6.45) is 5.85. The van der Waals surface area contributed by atoms with Crippen molar-refractivity contribution in [2.45, 2.75) is 45.1 Å². The summed E-state index contributed by atoms with van der Waals surface area (Å²) in [5.41, 5.74) is 4.19. The maximum atomic E-state index is 13.1. The quantitative estimate of drug-likeness (QED) is 0.883. The molecule has 0 aliphatic carbocycles. The van der Waals surface area contributed by atoms with Gasteiger partial charge in [-0.25, -0.2) is 4.98 Å². The predicted octanol–water partition coefficient (Wildman–Crippen LogP) is 3.13. The van der Waals surface area contributed by atoms with Gasteiger partial charge < -0.3 is 14.6 Å². The smallest absolute Gasteiger partial charge is 0.253 e. The number of likely N-dealkylation sites (tertiary alicyclic amines) is 1. The standard InChI is InChI=1S/C22H30N4O2/c1-4-10-26-11-7-18-20(24-15-23-18)22(26)8-12-25(13-9-22)21(27)17-6-5-16(2)19(14-17)28-3/h5-6,14-15H,4,7-13H2,1-3H3,(H,23,24). The van der Waals surface area contributed by atoms with E-state index in [4.69, 9.17) is 9.72 Å². The molecule has 1 aromatic carbocycles. The van der Waals surface area contributed by atoms with Crippen molar-refractivity contribution >= 4 is 5.91 Å². The van der Waals surface area contributed by atoms with Crippen LogP contribution in [-0.2, 0) is 12.0 Å². The Morgan fingerprint density at radius 3 is 2.79 bits per heavy atom. The molecule has 150 valence electrons. The van der Waals surface area contributed by atoms with Crippen molar-refractivity contribution in [2.75, 3.05) is 33.3 Å². The number of aryl methyl sites for hydroxylation is 1. The average molecular weight is 383 g/mol. The molecule has 1 fully saturated rings. The zero-order chi connectivity index (χ0) is 19.7. The maximum Gasteiger partial charge on any atom is 0.253 e. The summed E-state index contributed by atoms with van der Waals surface area (Å²) in [6.45, 7) is 7.87. The summed E-state index contributed by atoms with van der Waals surface area (Å²) < 4.78 is 5.40. The number of H-pyrrole nitrogens is 1. The van der Waals surface area contributed by atoms with Gasteiger partial charge in [0.05, 0.1) is 24.7 Å². The Morgan fingerprint density at radius 1 is 1.29 bits per heavy atom. The number of piperidine rings is 1. The van der Waals surface area contributed by atoms with E-state index in [-0.39, 0.29) is 11.4 Å². The van der Waals surface area contributed by atoms with Crippen LogP contribution >= 0.6 is 0 Å². The minimum Gasteiger partial charge on any atom is -0.496 e. The molecule has 6 heteroatoms. The minimum absolute atomic E-state index is 0.0364. The van der Waals surface area contributed by atoms with Crippen molar-refractivity contribution in [3.8, 4) is 5.75 Å². The highest BCUT2D eigenvalue weighted by Gasteiger charge is 2.46. The van der Waals surface area contributed by atoms with Crippen molar-refractivity contribution in [1.29, 1.82) is 0 Å². The second-order valence-electron chi connectivity index (χ2n) is 7.97. The van der Waals surface area contributed by atoms with Crippen LogP contribution in [0, 0.1) is 6.92 Å². The third-order valence-corrected chi connectivity index (χ3v) is 6.42. The molecule has 0 saturated carbocycles. The monoisotopic (exact) mass is 382 g/mol. The first-order valence-electron chi connectivity index (χ1n) is 10.3. The number of methoxy groups -OCH3 is 1. The molecule has 4 rings (SSSR count). The molecule has 0 bridgehead atoms. The Morgan fingerprint density at radius 2 is 2.07 bits per heavy atom. The molecule has 6 nitrogen and oxygen atoms in total. The van der Waals surface area contributed by atoms with Gasteiger partial charge in [-0.1, -0.05) is 13.0 Å². The van der Waals surface area contributed by atoms with Crippen LogP contribution < -0.4 is 4.74 Å². The highest BCUT2D eigenvalue weighted by atomic mass is 16.5. The number of rotatable bonds is 4. The highest BCUT2D eigenvalue weighted by Crippen LogP contribution is 2.42.